The topological polar surface area (TPSA) is 46.0 Å². The van der Waals surface area contributed by atoms with Crippen LogP contribution in [0.15, 0.2) is 27.4 Å². The monoisotopic (exact) mass is 219 g/mol. The van der Waals surface area contributed by atoms with Crippen molar-refractivity contribution >= 4 is 11.1 Å². The van der Waals surface area contributed by atoms with Crippen molar-refractivity contribution in [2.24, 2.45) is 0 Å². The molecule has 0 aliphatic rings. The Hall–Kier alpha value is -1.51. The smallest absolute Gasteiger partial charge is 0.408 e. The lowest BCUT2D eigenvalue weighted by Crippen LogP contribution is -1.92. The van der Waals surface area contributed by atoms with Crippen molar-refractivity contribution in [3.8, 4) is 0 Å². The molecule has 0 fully saturated rings. The van der Waals surface area contributed by atoms with E-state index in [9.17, 15) is 4.79 Å². The molecular formula is C13H17NO2. The highest BCUT2D eigenvalue weighted by Crippen LogP contribution is 2.14. The summed E-state index contributed by atoms with van der Waals surface area (Å²) in [4.78, 5) is 13.6. The van der Waals surface area contributed by atoms with Gasteiger partial charge in [0.15, 0.2) is 5.58 Å². The molecule has 3 heteroatoms. The molecule has 0 aliphatic heterocycles. The van der Waals surface area contributed by atoms with Crippen LogP contribution in [0.25, 0.3) is 11.1 Å². The van der Waals surface area contributed by atoms with Crippen LogP contribution in [0.3, 0.4) is 0 Å². The highest BCUT2D eigenvalue weighted by Gasteiger charge is 2.01. The fraction of sp³-hybridized carbons (Fsp3) is 0.462. The molecule has 0 spiro atoms. The molecular weight excluding hydrogens is 202 g/mol. The maximum atomic E-state index is 11.0. The van der Waals surface area contributed by atoms with Gasteiger partial charge in [0.1, 0.15) is 0 Å². The van der Waals surface area contributed by atoms with Crippen molar-refractivity contribution in [3.63, 3.8) is 0 Å². The average molecular weight is 219 g/mol. The third kappa shape index (κ3) is 2.54. The Balaban J connectivity index is 2.04. The number of rotatable bonds is 5. The number of aryl methyl sites for hydroxylation is 1. The number of hydrogen-bond donors (Lipinski definition) is 1. The normalized spacial score (nSPS) is 11.1. The molecule has 2 rings (SSSR count). The molecule has 1 aromatic carbocycles. The first-order valence-electron chi connectivity index (χ1n) is 5.91. The average Bonchev–Trinajstić information content (AvgIpc) is 2.64. The van der Waals surface area contributed by atoms with Gasteiger partial charge in [-0.2, -0.15) is 0 Å². The van der Waals surface area contributed by atoms with Crippen LogP contribution in [0.2, 0.25) is 0 Å². The molecule has 2 aromatic rings. The van der Waals surface area contributed by atoms with Crippen LogP contribution in [0.5, 0.6) is 0 Å². The van der Waals surface area contributed by atoms with Crippen molar-refractivity contribution in [1.82, 2.24) is 4.98 Å². The second kappa shape index (κ2) is 5.01. The molecule has 1 heterocycles. The Bertz CT molecular complexity index is 510. The van der Waals surface area contributed by atoms with E-state index in [1.54, 1.807) is 0 Å². The second-order valence-corrected chi connectivity index (χ2v) is 4.16. The van der Waals surface area contributed by atoms with Crippen molar-refractivity contribution < 1.29 is 4.42 Å². The predicted octanol–water partition coefficient (Wildman–Crippen LogP) is 3.24. The number of aromatic nitrogens is 1. The zero-order valence-electron chi connectivity index (χ0n) is 9.58. The van der Waals surface area contributed by atoms with Gasteiger partial charge in [-0.1, -0.05) is 32.3 Å². The number of hydrogen-bond acceptors (Lipinski definition) is 2. The highest BCUT2D eigenvalue weighted by atomic mass is 16.4. The summed E-state index contributed by atoms with van der Waals surface area (Å²) in [6, 6.07) is 5.92. The minimum absolute atomic E-state index is 0.377. The minimum Gasteiger partial charge on any atom is -0.408 e. The van der Waals surface area contributed by atoms with Gasteiger partial charge in [-0.25, -0.2) is 4.79 Å². The van der Waals surface area contributed by atoms with Gasteiger partial charge in [-0.05, 0) is 30.5 Å². The zero-order valence-corrected chi connectivity index (χ0v) is 9.58. The van der Waals surface area contributed by atoms with Gasteiger partial charge in [-0.15, -0.1) is 0 Å². The zero-order chi connectivity index (χ0) is 11.4. The van der Waals surface area contributed by atoms with Crippen LogP contribution < -0.4 is 5.76 Å². The number of oxazole rings is 1. The quantitative estimate of drug-likeness (QED) is 0.784. The van der Waals surface area contributed by atoms with E-state index < -0.39 is 0 Å². The number of aromatic amines is 1. The summed E-state index contributed by atoms with van der Waals surface area (Å²) in [5.41, 5.74) is 2.69. The van der Waals surface area contributed by atoms with E-state index in [0.29, 0.717) is 5.58 Å². The lowest BCUT2D eigenvalue weighted by Gasteiger charge is -2.00. The van der Waals surface area contributed by atoms with E-state index in [1.165, 1.54) is 31.2 Å². The van der Waals surface area contributed by atoms with Crippen LogP contribution >= 0.6 is 0 Å². The minimum atomic E-state index is -0.377. The van der Waals surface area contributed by atoms with Gasteiger partial charge in [0.2, 0.25) is 0 Å². The Morgan fingerprint density at radius 3 is 2.94 bits per heavy atom. The van der Waals surface area contributed by atoms with Gasteiger partial charge in [0.25, 0.3) is 0 Å². The molecule has 0 saturated heterocycles. The first kappa shape index (κ1) is 11.0. The molecule has 0 aliphatic carbocycles. The van der Waals surface area contributed by atoms with E-state index in [-0.39, 0.29) is 5.76 Å². The molecule has 0 bridgehead atoms. The van der Waals surface area contributed by atoms with Gasteiger partial charge in [-0.3, -0.25) is 4.98 Å². The first-order valence-corrected chi connectivity index (χ1v) is 5.91. The summed E-state index contributed by atoms with van der Waals surface area (Å²) in [5, 5.41) is 0. The lowest BCUT2D eigenvalue weighted by atomic mass is 10.1. The number of nitrogens with one attached hydrogen (secondary N) is 1. The van der Waals surface area contributed by atoms with Crippen molar-refractivity contribution in [2.75, 3.05) is 0 Å². The Morgan fingerprint density at radius 2 is 2.12 bits per heavy atom. The third-order valence-electron chi connectivity index (χ3n) is 2.80. The van der Waals surface area contributed by atoms with E-state index in [1.807, 2.05) is 12.1 Å². The standard InChI is InChI=1S/C13H17NO2/c1-2-3-4-5-6-10-7-8-11-12(9-10)16-13(15)14-11/h7-9H,2-6H2,1H3,(H,14,15). The highest BCUT2D eigenvalue weighted by molar-refractivity contribution is 5.72. The van der Waals surface area contributed by atoms with Gasteiger partial charge >= 0.3 is 5.76 Å². The van der Waals surface area contributed by atoms with E-state index >= 15 is 0 Å². The van der Waals surface area contributed by atoms with E-state index in [4.69, 9.17) is 4.42 Å². The Labute approximate surface area is 94.5 Å². The summed E-state index contributed by atoms with van der Waals surface area (Å²) in [6.07, 6.45) is 6.08. The number of unbranched alkanes of at least 4 members (excludes halogenated alkanes) is 3. The maximum absolute atomic E-state index is 11.0. The maximum Gasteiger partial charge on any atom is 0.417 e. The SMILES string of the molecule is CCCCCCc1ccc2[nH]c(=O)oc2c1. The Kier molecular flexibility index (Phi) is 3.44. The predicted molar refractivity (Wildman–Crippen MR) is 64.7 cm³/mol. The summed E-state index contributed by atoms with van der Waals surface area (Å²) < 4.78 is 5.02. The second-order valence-electron chi connectivity index (χ2n) is 4.16. The fourth-order valence-corrected chi connectivity index (χ4v) is 1.90. The molecule has 86 valence electrons. The molecule has 1 N–H and O–H groups in total. The summed E-state index contributed by atoms with van der Waals surface area (Å²) in [5.74, 6) is -0.377. The molecule has 0 saturated carbocycles. The number of H-pyrrole nitrogens is 1. The van der Waals surface area contributed by atoms with Crippen molar-refractivity contribution in [2.45, 2.75) is 39.0 Å². The van der Waals surface area contributed by atoms with Crippen LogP contribution in [-0.4, -0.2) is 4.98 Å². The summed E-state index contributed by atoms with van der Waals surface area (Å²) in [7, 11) is 0. The van der Waals surface area contributed by atoms with E-state index in [2.05, 4.69) is 18.0 Å². The number of benzene rings is 1. The first-order chi connectivity index (χ1) is 7.79. The van der Waals surface area contributed by atoms with Crippen LogP contribution in [0, 0.1) is 0 Å². The summed E-state index contributed by atoms with van der Waals surface area (Å²) in [6.45, 7) is 2.21. The summed E-state index contributed by atoms with van der Waals surface area (Å²) >= 11 is 0. The lowest BCUT2D eigenvalue weighted by molar-refractivity contribution is 0.555. The largest absolute Gasteiger partial charge is 0.417 e. The third-order valence-corrected chi connectivity index (χ3v) is 2.80. The van der Waals surface area contributed by atoms with Gasteiger partial charge < -0.3 is 4.42 Å². The molecule has 1 aromatic heterocycles. The van der Waals surface area contributed by atoms with Gasteiger partial charge in [0, 0.05) is 0 Å². The van der Waals surface area contributed by atoms with Crippen LogP contribution in [-0.2, 0) is 6.42 Å². The number of fused-ring (bicyclic) bond motifs is 1. The van der Waals surface area contributed by atoms with Crippen molar-refractivity contribution in [1.29, 1.82) is 0 Å². The fourth-order valence-electron chi connectivity index (χ4n) is 1.90. The Morgan fingerprint density at radius 1 is 1.25 bits per heavy atom. The van der Waals surface area contributed by atoms with Gasteiger partial charge in [0.05, 0.1) is 5.52 Å². The molecule has 0 radical (unpaired) electrons. The molecule has 16 heavy (non-hydrogen) atoms. The van der Waals surface area contributed by atoms with Crippen LogP contribution in [0.1, 0.15) is 38.2 Å². The molecule has 3 nitrogen and oxygen atoms in total. The molecule has 0 amide bonds. The molecule has 0 atom stereocenters. The molecule has 0 unspecified atom stereocenters. The van der Waals surface area contributed by atoms with Crippen LogP contribution in [0.4, 0.5) is 0 Å². The van der Waals surface area contributed by atoms with E-state index in [0.717, 1.165) is 11.9 Å². The van der Waals surface area contributed by atoms with Crippen molar-refractivity contribution in [3.05, 3.63) is 34.3 Å².